The summed E-state index contributed by atoms with van der Waals surface area (Å²) in [5.74, 6) is 0.338. The van der Waals surface area contributed by atoms with E-state index in [0.717, 1.165) is 0 Å². The van der Waals surface area contributed by atoms with Gasteiger partial charge in [-0.1, -0.05) is 0 Å². The Kier molecular flexibility index (Phi) is 4.78. The normalized spacial score (nSPS) is 14.5. The summed E-state index contributed by atoms with van der Waals surface area (Å²) in [4.78, 5) is 0. The van der Waals surface area contributed by atoms with Crippen molar-refractivity contribution in [2.45, 2.75) is 0 Å². The zero-order chi connectivity index (χ0) is 13.7. The molecule has 5 nitrogen and oxygen atoms in total. The van der Waals surface area contributed by atoms with Crippen LogP contribution < -0.4 is 8.08 Å². The summed E-state index contributed by atoms with van der Waals surface area (Å²) in [6.07, 6.45) is 0. The Morgan fingerprint density at radius 3 is 2.00 bits per heavy atom. The van der Waals surface area contributed by atoms with Crippen molar-refractivity contribution in [3.63, 3.8) is 0 Å². The predicted molar refractivity (Wildman–Crippen MR) is 69.3 cm³/mol. The quantitative estimate of drug-likeness (QED) is 0.770. The topological polar surface area (TPSA) is 72.8 Å². The zero-order valence-corrected chi connectivity index (χ0v) is 13.5. The van der Waals surface area contributed by atoms with Crippen molar-refractivity contribution >= 4 is 33.8 Å². The van der Waals surface area contributed by atoms with Gasteiger partial charge in [0.1, 0.15) is 0 Å². The van der Waals surface area contributed by atoms with E-state index in [2.05, 4.69) is 0 Å². The van der Waals surface area contributed by atoms with E-state index in [1.807, 2.05) is 0 Å². The van der Waals surface area contributed by atoms with Crippen LogP contribution >= 0.6 is 0 Å². The van der Waals surface area contributed by atoms with Gasteiger partial charge < -0.3 is 0 Å². The van der Waals surface area contributed by atoms with Crippen LogP contribution in [0.25, 0.3) is 0 Å². The van der Waals surface area contributed by atoms with Crippen molar-refractivity contribution in [3.05, 3.63) is 60.7 Å². The van der Waals surface area contributed by atoms with Gasteiger partial charge in [-0.05, 0) is 0 Å². The molecule has 1 radical (unpaired) electrons. The van der Waals surface area contributed by atoms with E-state index in [9.17, 15) is 7.48 Å². The number of hydrogen-bond acceptors (Lipinski definition) is 4. The molecule has 0 amide bonds. The second-order valence-corrected chi connectivity index (χ2v) is 10.2. The predicted octanol–water partition coefficient (Wildman–Crippen LogP) is 0.766. The molecule has 2 aromatic carbocycles. The molecule has 0 aliphatic rings. The molecule has 2 unspecified atom stereocenters. The summed E-state index contributed by atoms with van der Waals surface area (Å²) in [5.41, 5.74) is 0. The van der Waals surface area contributed by atoms with E-state index in [4.69, 9.17) is 10.5 Å². The van der Waals surface area contributed by atoms with Crippen molar-refractivity contribution in [1.82, 2.24) is 0 Å². The van der Waals surface area contributed by atoms with Crippen LogP contribution in [0.5, 0.6) is 5.75 Å². The van der Waals surface area contributed by atoms with Crippen molar-refractivity contribution in [2.75, 3.05) is 0 Å². The monoisotopic (exact) mass is 385 g/mol. The first-order valence-corrected chi connectivity index (χ1v) is 11.0. The molecular formula is C12H11As2O5. The van der Waals surface area contributed by atoms with Gasteiger partial charge in [0.25, 0.3) is 0 Å². The third-order valence-corrected chi connectivity index (χ3v) is 9.73. The average molecular weight is 385 g/mol. The van der Waals surface area contributed by atoms with Crippen LogP contribution in [0.2, 0.25) is 0 Å². The second kappa shape index (κ2) is 6.35. The summed E-state index contributed by atoms with van der Waals surface area (Å²) in [5, 5.41) is 0. The fourth-order valence-corrected chi connectivity index (χ4v) is 7.68. The molecule has 0 aromatic heterocycles. The Morgan fingerprint density at radius 2 is 1.47 bits per heavy atom. The first kappa shape index (κ1) is 14.3. The van der Waals surface area contributed by atoms with Crippen molar-refractivity contribution in [3.8, 4) is 5.75 Å². The number of benzene rings is 2. The third-order valence-electron chi connectivity index (χ3n) is 2.22. The molecule has 0 aliphatic heterocycles. The molecule has 7 heteroatoms. The molecular weight excluding hydrogens is 374 g/mol. The molecule has 0 aliphatic carbocycles. The van der Waals surface area contributed by atoms with E-state index in [0.29, 0.717) is 10.1 Å². The van der Waals surface area contributed by atoms with Gasteiger partial charge in [-0.25, -0.2) is 0 Å². The van der Waals surface area contributed by atoms with Crippen molar-refractivity contribution < 1.29 is 18.0 Å². The zero-order valence-electron chi connectivity index (χ0n) is 9.75. The standard InChI is InChI=1S/C12H11As2O5/c15-13(16)19-14(17,11-7-3-1-4-8-11)18-12-9-5-2-6-10-12/h1-10H,(H,15,16). The first-order chi connectivity index (χ1) is 9.10. The van der Waals surface area contributed by atoms with Crippen LogP contribution in [0.1, 0.15) is 0 Å². The van der Waals surface area contributed by atoms with E-state index < -0.39 is 29.4 Å². The molecule has 0 heterocycles. The second-order valence-electron chi connectivity index (χ2n) is 3.56. The summed E-state index contributed by atoms with van der Waals surface area (Å²) in [7, 11) is 0. The summed E-state index contributed by atoms with van der Waals surface area (Å²) in [6, 6.07) is 16.6. The number of para-hydroxylation sites is 1. The van der Waals surface area contributed by atoms with Gasteiger partial charge in [0.05, 0.1) is 0 Å². The van der Waals surface area contributed by atoms with Crippen LogP contribution in [-0.2, 0) is 10.2 Å². The summed E-state index contributed by atoms with van der Waals surface area (Å²) in [6.45, 7) is 0. The van der Waals surface area contributed by atoms with E-state index in [1.165, 1.54) is 0 Å². The van der Waals surface area contributed by atoms with Gasteiger partial charge >= 0.3 is 118 Å². The Hall–Kier alpha value is -1.12. The summed E-state index contributed by atoms with van der Waals surface area (Å²) < 4.78 is 43.0. The van der Waals surface area contributed by atoms with Crippen LogP contribution in [0, 0.1) is 0 Å². The van der Waals surface area contributed by atoms with E-state index in [1.54, 1.807) is 60.7 Å². The van der Waals surface area contributed by atoms with Crippen LogP contribution in [0.4, 0.5) is 0 Å². The molecule has 0 fully saturated rings. The number of hydrogen-bond donors (Lipinski definition) is 1. The van der Waals surface area contributed by atoms with Crippen LogP contribution in [0.3, 0.4) is 0 Å². The Labute approximate surface area is 118 Å². The number of rotatable bonds is 5. The molecule has 0 saturated heterocycles. The van der Waals surface area contributed by atoms with E-state index in [-0.39, 0.29) is 0 Å². The fourth-order valence-electron chi connectivity index (χ4n) is 1.44. The fraction of sp³-hybridized carbons (Fsp3) is 0. The molecule has 0 bridgehead atoms. The van der Waals surface area contributed by atoms with Crippen LogP contribution in [0.15, 0.2) is 60.7 Å². The third kappa shape index (κ3) is 3.92. The Balaban J connectivity index is 2.36. The molecule has 2 atom stereocenters. The minimum absolute atomic E-state index is 0.300. The maximum absolute atomic E-state index is 12.7. The van der Waals surface area contributed by atoms with Crippen LogP contribution in [-0.4, -0.2) is 33.5 Å². The minimum atomic E-state index is -4.57. The molecule has 1 N–H and O–H groups in total. The molecule has 0 spiro atoms. The van der Waals surface area contributed by atoms with Gasteiger partial charge in [0.2, 0.25) is 0 Å². The van der Waals surface area contributed by atoms with Crippen molar-refractivity contribution in [2.24, 2.45) is 0 Å². The van der Waals surface area contributed by atoms with Gasteiger partial charge in [0.15, 0.2) is 0 Å². The maximum atomic E-state index is 12.7. The van der Waals surface area contributed by atoms with Gasteiger partial charge in [-0.2, -0.15) is 0 Å². The average Bonchev–Trinajstić information content (AvgIpc) is 2.40. The molecule has 0 saturated carbocycles. The molecule has 2 aromatic rings. The summed E-state index contributed by atoms with van der Waals surface area (Å²) >= 11 is -8.35. The Bertz CT molecular complexity index is 600. The molecule has 19 heavy (non-hydrogen) atoms. The molecule has 2 rings (SSSR count). The van der Waals surface area contributed by atoms with Gasteiger partial charge in [-0.3, -0.25) is 0 Å². The van der Waals surface area contributed by atoms with E-state index >= 15 is 0 Å². The van der Waals surface area contributed by atoms with Crippen molar-refractivity contribution in [1.29, 1.82) is 0 Å². The first-order valence-electron chi connectivity index (χ1n) is 5.36. The SMILES string of the molecule is O=[As](O)O[As](=O)(Oc1ccccc1)c1ccccc1. The van der Waals surface area contributed by atoms with Gasteiger partial charge in [0, 0.05) is 0 Å². The van der Waals surface area contributed by atoms with Gasteiger partial charge in [-0.15, -0.1) is 0 Å². The Morgan fingerprint density at radius 1 is 0.947 bits per heavy atom. The molecule has 99 valence electrons.